The number of carbonyl (C=O) groups is 1. The smallest absolute Gasteiger partial charge is 0.331 e. The van der Waals surface area contributed by atoms with Crippen LogP contribution in [-0.2, 0) is 4.79 Å². The van der Waals surface area contributed by atoms with Gasteiger partial charge in [-0.15, -0.1) is 0 Å². The Bertz CT molecular complexity index is 208. The van der Waals surface area contributed by atoms with Gasteiger partial charge < -0.3 is 5.11 Å². The van der Waals surface area contributed by atoms with Crippen LogP contribution in [0.5, 0.6) is 0 Å². The van der Waals surface area contributed by atoms with Crippen molar-refractivity contribution >= 4 is 5.97 Å². The fourth-order valence-corrected chi connectivity index (χ4v) is 1.56. The third-order valence-corrected chi connectivity index (χ3v) is 3.10. The fraction of sp³-hybridized carbons (Fsp3) is 0.750. The van der Waals surface area contributed by atoms with E-state index in [1.165, 1.54) is 12.8 Å². The molecule has 0 aromatic heterocycles. The van der Waals surface area contributed by atoms with Crippen molar-refractivity contribution in [2.75, 3.05) is 0 Å². The van der Waals surface area contributed by atoms with Gasteiger partial charge in [0.25, 0.3) is 0 Å². The van der Waals surface area contributed by atoms with E-state index in [1.54, 1.807) is 0 Å². The molecule has 0 fully saturated rings. The number of carboxylic acid groups (broad SMARTS) is 1. The molecule has 0 rings (SSSR count). The minimum atomic E-state index is -0.856. The monoisotopic (exact) mass is 198 g/mol. The van der Waals surface area contributed by atoms with Gasteiger partial charge in [-0.25, -0.2) is 4.79 Å². The zero-order valence-corrected chi connectivity index (χ0v) is 9.60. The summed E-state index contributed by atoms with van der Waals surface area (Å²) < 4.78 is 0. The van der Waals surface area contributed by atoms with E-state index in [-0.39, 0.29) is 5.41 Å². The van der Waals surface area contributed by atoms with Gasteiger partial charge in [-0.3, -0.25) is 0 Å². The zero-order chi connectivity index (χ0) is 11.2. The standard InChI is InChI=1S/C12H22O2/c1-5-7-8-9-12(4,6-2)10(3)11(13)14/h3,5-9H2,1-2,4H3,(H,13,14). The van der Waals surface area contributed by atoms with Crippen LogP contribution in [0.25, 0.3) is 0 Å². The SMILES string of the molecule is C=C(C(=O)O)C(C)(CC)CCCCC. The highest BCUT2D eigenvalue weighted by atomic mass is 16.4. The number of hydrogen-bond donors (Lipinski definition) is 1. The summed E-state index contributed by atoms with van der Waals surface area (Å²) in [6, 6.07) is 0. The molecular weight excluding hydrogens is 176 g/mol. The second kappa shape index (κ2) is 5.84. The molecule has 0 aliphatic heterocycles. The molecule has 0 aromatic carbocycles. The Hall–Kier alpha value is -0.790. The minimum absolute atomic E-state index is 0.221. The third kappa shape index (κ3) is 3.52. The van der Waals surface area contributed by atoms with Crippen molar-refractivity contribution in [1.29, 1.82) is 0 Å². The van der Waals surface area contributed by atoms with E-state index in [4.69, 9.17) is 5.11 Å². The van der Waals surface area contributed by atoms with Gasteiger partial charge in [0.15, 0.2) is 0 Å². The second-order valence-corrected chi connectivity index (χ2v) is 4.16. The van der Waals surface area contributed by atoms with Gasteiger partial charge in [-0.05, 0) is 18.3 Å². The van der Waals surface area contributed by atoms with Gasteiger partial charge in [-0.1, -0.05) is 46.6 Å². The number of rotatable bonds is 7. The Balaban J connectivity index is 4.31. The van der Waals surface area contributed by atoms with Crippen LogP contribution in [-0.4, -0.2) is 11.1 Å². The van der Waals surface area contributed by atoms with Crippen molar-refractivity contribution < 1.29 is 9.90 Å². The molecule has 0 saturated carbocycles. The molecule has 14 heavy (non-hydrogen) atoms. The lowest BCUT2D eigenvalue weighted by Crippen LogP contribution is -2.23. The van der Waals surface area contributed by atoms with Crippen molar-refractivity contribution in [1.82, 2.24) is 0 Å². The first-order valence-corrected chi connectivity index (χ1v) is 5.40. The van der Waals surface area contributed by atoms with E-state index >= 15 is 0 Å². The van der Waals surface area contributed by atoms with Crippen LogP contribution in [0, 0.1) is 5.41 Å². The topological polar surface area (TPSA) is 37.3 Å². The van der Waals surface area contributed by atoms with Crippen molar-refractivity contribution in [2.24, 2.45) is 5.41 Å². The van der Waals surface area contributed by atoms with Gasteiger partial charge >= 0.3 is 5.97 Å². The average molecular weight is 198 g/mol. The molecule has 1 atom stereocenters. The quantitative estimate of drug-likeness (QED) is 0.501. The van der Waals surface area contributed by atoms with Gasteiger partial charge in [0.05, 0.1) is 0 Å². The Morgan fingerprint density at radius 2 is 1.93 bits per heavy atom. The van der Waals surface area contributed by atoms with E-state index in [9.17, 15) is 4.79 Å². The first-order chi connectivity index (χ1) is 6.48. The van der Waals surface area contributed by atoms with E-state index < -0.39 is 5.97 Å². The van der Waals surface area contributed by atoms with Crippen LogP contribution in [0.4, 0.5) is 0 Å². The van der Waals surface area contributed by atoms with Crippen LogP contribution in [0.1, 0.15) is 52.9 Å². The predicted octanol–water partition coefficient (Wildman–Crippen LogP) is 3.62. The summed E-state index contributed by atoms with van der Waals surface area (Å²) in [7, 11) is 0. The third-order valence-electron chi connectivity index (χ3n) is 3.10. The summed E-state index contributed by atoms with van der Waals surface area (Å²) in [6.45, 7) is 9.85. The molecular formula is C12H22O2. The molecule has 2 heteroatoms. The van der Waals surface area contributed by atoms with Crippen LogP contribution in [0.15, 0.2) is 12.2 Å². The van der Waals surface area contributed by atoms with Crippen molar-refractivity contribution in [3.63, 3.8) is 0 Å². The lowest BCUT2D eigenvalue weighted by molar-refractivity contribution is -0.134. The lowest BCUT2D eigenvalue weighted by atomic mass is 9.76. The zero-order valence-electron chi connectivity index (χ0n) is 9.60. The van der Waals surface area contributed by atoms with Crippen molar-refractivity contribution in [3.8, 4) is 0 Å². The van der Waals surface area contributed by atoms with Crippen LogP contribution < -0.4 is 0 Å². The molecule has 0 bridgehead atoms. The first-order valence-electron chi connectivity index (χ1n) is 5.40. The number of carboxylic acids is 1. The van der Waals surface area contributed by atoms with Crippen LogP contribution in [0.3, 0.4) is 0 Å². The summed E-state index contributed by atoms with van der Waals surface area (Å²) in [6.07, 6.45) is 5.21. The summed E-state index contributed by atoms with van der Waals surface area (Å²) in [5.74, 6) is -0.856. The van der Waals surface area contributed by atoms with Gasteiger partial charge in [-0.2, -0.15) is 0 Å². The molecule has 2 nitrogen and oxygen atoms in total. The number of hydrogen-bond acceptors (Lipinski definition) is 1. The molecule has 0 heterocycles. The van der Waals surface area contributed by atoms with Crippen LogP contribution >= 0.6 is 0 Å². The van der Waals surface area contributed by atoms with E-state index in [1.807, 2.05) is 13.8 Å². The van der Waals surface area contributed by atoms with E-state index in [0.29, 0.717) is 5.57 Å². The van der Waals surface area contributed by atoms with E-state index in [0.717, 1.165) is 19.3 Å². The largest absolute Gasteiger partial charge is 0.478 e. The van der Waals surface area contributed by atoms with Crippen LogP contribution in [0.2, 0.25) is 0 Å². The highest BCUT2D eigenvalue weighted by molar-refractivity contribution is 5.87. The fourth-order valence-electron chi connectivity index (χ4n) is 1.56. The molecule has 0 spiro atoms. The number of aliphatic carboxylic acids is 1. The Morgan fingerprint density at radius 3 is 2.29 bits per heavy atom. The molecule has 1 N–H and O–H groups in total. The summed E-state index contributed by atoms with van der Waals surface area (Å²) in [4.78, 5) is 10.8. The molecule has 0 saturated heterocycles. The van der Waals surface area contributed by atoms with E-state index in [2.05, 4.69) is 13.5 Å². The minimum Gasteiger partial charge on any atom is -0.478 e. The molecule has 1 unspecified atom stereocenters. The van der Waals surface area contributed by atoms with Crippen molar-refractivity contribution in [2.45, 2.75) is 52.9 Å². The highest BCUT2D eigenvalue weighted by Crippen LogP contribution is 2.35. The molecule has 0 radical (unpaired) electrons. The van der Waals surface area contributed by atoms with Gasteiger partial charge in [0, 0.05) is 5.57 Å². The Morgan fingerprint density at radius 1 is 1.36 bits per heavy atom. The molecule has 0 aliphatic carbocycles. The Labute approximate surface area is 87.0 Å². The first kappa shape index (κ1) is 13.2. The maximum absolute atomic E-state index is 10.8. The molecule has 0 aliphatic rings. The molecule has 0 aromatic rings. The average Bonchev–Trinajstić information content (AvgIpc) is 2.16. The molecule has 82 valence electrons. The van der Waals surface area contributed by atoms with Crippen molar-refractivity contribution in [3.05, 3.63) is 12.2 Å². The van der Waals surface area contributed by atoms with Gasteiger partial charge in [0.2, 0.25) is 0 Å². The summed E-state index contributed by atoms with van der Waals surface area (Å²) in [5.41, 5.74) is 0.136. The summed E-state index contributed by atoms with van der Waals surface area (Å²) >= 11 is 0. The Kier molecular flexibility index (Phi) is 5.51. The lowest BCUT2D eigenvalue weighted by Gasteiger charge is -2.28. The second-order valence-electron chi connectivity index (χ2n) is 4.16. The normalized spacial score (nSPS) is 14.8. The van der Waals surface area contributed by atoms with Gasteiger partial charge in [0.1, 0.15) is 0 Å². The highest BCUT2D eigenvalue weighted by Gasteiger charge is 2.29. The maximum atomic E-state index is 10.8. The predicted molar refractivity (Wildman–Crippen MR) is 59.3 cm³/mol. The number of unbranched alkanes of at least 4 members (excludes halogenated alkanes) is 2. The summed E-state index contributed by atoms with van der Waals surface area (Å²) in [5, 5.41) is 8.91. The molecule has 0 amide bonds. The maximum Gasteiger partial charge on any atom is 0.331 e.